The van der Waals surface area contributed by atoms with E-state index in [4.69, 9.17) is 0 Å². The van der Waals surface area contributed by atoms with Gasteiger partial charge in [0.15, 0.2) is 0 Å². The fourth-order valence-electron chi connectivity index (χ4n) is 0.227. The van der Waals surface area contributed by atoms with Gasteiger partial charge in [-0.1, -0.05) is 0 Å². The highest BCUT2D eigenvalue weighted by Crippen LogP contribution is 1.77. The van der Waals surface area contributed by atoms with Gasteiger partial charge in [0.1, 0.15) is 0 Å². The Labute approximate surface area is 48.2 Å². The third-order valence-corrected chi connectivity index (χ3v) is 0.505. The number of hydrogen-bond acceptors (Lipinski definition) is 1. The molecule has 0 radical (unpaired) electrons. The molecule has 0 atom stereocenters. The van der Waals surface area contributed by atoms with Gasteiger partial charge in [-0.2, -0.15) is 0 Å². The van der Waals surface area contributed by atoms with E-state index in [9.17, 15) is 4.39 Å². The second kappa shape index (κ2) is 6.08. The maximum Gasteiger partial charge on any atom is 0.0867 e. The molecule has 0 saturated carbocycles. The van der Waals surface area contributed by atoms with Crippen molar-refractivity contribution >= 4 is 6.21 Å². The molecular weight excluding hydrogens is 105 g/mol. The van der Waals surface area contributed by atoms with E-state index >= 15 is 0 Å². The Balaban J connectivity index is 3.35. The molecule has 8 heavy (non-hydrogen) atoms. The van der Waals surface area contributed by atoms with E-state index < -0.39 is 0 Å². The summed E-state index contributed by atoms with van der Waals surface area (Å²) in [4.78, 5) is 3.69. The van der Waals surface area contributed by atoms with Crippen LogP contribution >= 0.6 is 0 Å². The van der Waals surface area contributed by atoms with E-state index in [1.54, 1.807) is 13.1 Å². The van der Waals surface area contributed by atoms with E-state index in [0.717, 1.165) is 0 Å². The summed E-state index contributed by atoms with van der Waals surface area (Å²) in [5.41, 5.74) is 0. The van der Waals surface area contributed by atoms with Gasteiger partial charge in [-0.3, -0.25) is 4.99 Å². The molecule has 0 amide bonds. The summed E-state index contributed by atoms with van der Waals surface area (Å²) in [5, 5.41) is 0. The number of halogens is 1. The molecule has 0 unspecified atom stereocenters. The number of aliphatic imine (C=N–C) groups is 1. The fourth-order valence-corrected chi connectivity index (χ4v) is 0.227. The topological polar surface area (TPSA) is 12.4 Å². The minimum Gasteiger partial charge on any atom is -0.269 e. The van der Waals surface area contributed by atoms with Crippen LogP contribution in [0.3, 0.4) is 0 Å². The maximum atomic E-state index is 11.1. The monoisotopic (exact) mass is 113 g/mol. The lowest BCUT2D eigenvalue weighted by Crippen LogP contribution is -1.52. The van der Waals surface area contributed by atoms with Crippen molar-refractivity contribution in [2.75, 3.05) is 0 Å². The molecular formula is C6H8FN. The largest absolute Gasteiger partial charge is 0.269 e. The summed E-state index contributed by atoms with van der Waals surface area (Å²) in [6.07, 6.45) is 6.38. The number of nitrogens with zero attached hydrogens (tertiary/aromatic N) is 1. The molecule has 0 bridgehead atoms. The number of allylic oxidation sites excluding steroid dienone is 2. The van der Waals surface area contributed by atoms with Crippen molar-refractivity contribution in [3.8, 4) is 0 Å². The Bertz CT molecular complexity index is 99.7. The maximum absolute atomic E-state index is 11.1. The molecule has 2 heteroatoms. The Morgan fingerprint density at radius 3 is 2.62 bits per heavy atom. The van der Waals surface area contributed by atoms with Crippen LogP contribution in [0.15, 0.2) is 29.7 Å². The van der Waals surface area contributed by atoms with Gasteiger partial charge in [-0.25, -0.2) is 4.39 Å². The first kappa shape index (κ1) is 7.08. The molecule has 0 spiro atoms. The summed E-state index contributed by atoms with van der Waals surface area (Å²) in [5.74, 6) is 0. The molecule has 0 N–H and O–H groups in total. The molecule has 44 valence electrons. The second-order valence-corrected chi connectivity index (χ2v) is 1.07. The predicted molar refractivity (Wildman–Crippen MR) is 33.6 cm³/mol. The first-order valence-electron chi connectivity index (χ1n) is 2.31. The van der Waals surface area contributed by atoms with Crippen LogP contribution in [-0.2, 0) is 0 Å². The standard InChI is InChI=1S/C6H8FN/c1-2-8-6-4-3-5-7/h2-6H,1H3/b5-3+,6-4-,8-2+. The number of rotatable bonds is 2. The zero-order valence-corrected chi connectivity index (χ0v) is 4.71. The molecule has 0 rings (SSSR count). The highest BCUT2D eigenvalue weighted by atomic mass is 19.1. The molecule has 0 aliphatic heterocycles. The molecule has 0 aliphatic carbocycles. The van der Waals surface area contributed by atoms with Gasteiger partial charge in [0.2, 0.25) is 0 Å². The van der Waals surface area contributed by atoms with Crippen LogP contribution in [-0.4, -0.2) is 6.21 Å². The van der Waals surface area contributed by atoms with Crippen molar-refractivity contribution in [3.05, 3.63) is 24.7 Å². The van der Waals surface area contributed by atoms with E-state index in [1.807, 2.05) is 0 Å². The normalized spacial score (nSPS) is 12.8. The van der Waals surface area contributed by atoms with Gasteiger partial charge >= 0.3 is 0 Å². The summed E-state index contributed by atoms with van der Waals surface area (Å²) in [6, 6.07) is 0. The van der Waals surface area contributed by atoms with Gasteiger partial charge < -0.3 is 0 Å². The molecule has 0 aliphatic rings. The molecule has 0 fully saturated rings. The minimum atomic E-state index is 0.460. The van der Waals surface area contributed by atoms with Crippen molar-refractivity contribution in [3.63, 3.8) is 0 Å². The average Bonchev–Trinajstić information content (AvgIpc) is 1.81. The molecule has 0 heterocycles. The summed E-state index contributed by atoms with van der Waals surface area (Å²) >= 11 is 0. The zero-order valence-electron chi connectivity index (χ0n) is 4.71. The van der Waals surface area contributed by atoms with Crippen molar-refractivity contribution in [2.24, 2.45) is 4.99 Å². The van der Waals surface area contributed by atoms with Crippen LogP contribution in [0.4, 0.5) is 4.39 Å². The smallest absolute Gasteiger partial charge is 0.0867 e. The van der Waals surface area contributed by atoms with Crippen LogP contribution in [0, 0.1) is 0 Å². The summed E-state index contributed by atoms with van der Waals surface area (Å²) in [6.45, 7) is 1.80. The van der Waals surface area contributed by atoms with E-state index in [0.29, 0.717) is 6.33 Å². The highest BCUT2D eigenvalue weighted by Gasteiger charge is 1.57. The van der Waals surface area contributed by atoms with Crippen LogP contribution < -0.4 is 0 Å². The zero-order chi connectivity index (χ0) is 6.24. The molecule has 1 nitrogen and oxygen atoms in total. The predicted octanol–water partition coefficient (Wildman–Crippen LogP) is 2.07. The van der Waals surface area contributed by atoms with Crippen molar-refractivity contribution in [1.29, 1.82) is 0 Å². The second-order valence-electron chi connectivity index (χ2n) is 1.07. The Morgan fingerprint density at radius 1 is 1.38 bits per heavy atom. The third kappa shape index (κ3) is 5.08. The van der Waals surface area contributed by atoms with Crippen LogP contribution in [0.5, 0.6) is 0 Å². The lowest BCUT2D eigenvalue weighted by Gasteiger charge is -1.67. The number of hydrogen-bond donors (Lipinski definition) is 0. The van der Waals surface area contributed by atoms with Gasteiger partial charge in [0, 0.05) is 12.4 Å². The summed E-state index contributed by atoms with van der Waals surface area (Å²) in [7, 11) is 0. The van der Waals surface area contributed by atoms with E-state index in [-0.39, 0.29) is 0 Å². The van der Waals surface area contributed by atoms with E-state index in [1.165, 1.54) is 18.4 Å². The van der Waals surface area contributed by atoms with Crippen LogP contribution in [0.1, 0.15) is 6.92 Å². The van der Waals surface area contributed by atoms with E-state index in [2.05, 4.69) is 4.99 Å². The van der Waals surface area contributed by atoms with Gasteiger partial charge in [-0.15, -0.1) is 0 Å². The quantitative estimate of drug-likeness (QED) is 0.384. The van der Waals surface area contributed by atoms with Crippen LogP contribution in [0.25, 0.3) is 0 Å². The fraction of sp³-hybridized carbons (Fsp3) is 0.167. The Hall–Kier alpha value is -0.920. The van der Waals surface area contributed by atoms with Crippen molar-refractivity contribution in [1.82, 2.24) is 0 Å². The molecule has 0 aromatic heterocycles. The summed E-state index contributed by atoms with van der Waals surface area (Å²) < 4.78 is 11.1. The van der Waals surface area contributed by atoms with Gasteiger partial charge in [0.05, 0.1) is 6.33 Å². The first-order valence-corrected chi connectivity index (χ1v) is 2.31. The average molecular weight is 113 g/mol. The first-order chi connectivity index (χ1) is 3.91. The third-order valence-electron chi connectivity index (χ3n) is 0.505. The van der Waals surface area contributed by atoms with Gasteiger partial charge in [-0.05, 0) is 19.1 Å². The SMILES string of the molecule is C/C=N/C=C\C=C\F. The van der Waals surface area contributed by atoms with Gasteiger partial charge in [0.25, 0.3) is 0 Å². The Morgan fingerprint density at radius 2 is 2.12 bits per heavy atom. The highest BCUT2D eigenvalue weighted by molar-refractivity contribution is 5.54. The lowest BCUT2D eigenvalue weighted by atomic mass is 10.6. The molecule has 0 aromatic carbocycles. The van der Waals surface area contributed by atoms with Crippen LogP contribution in [0.2, 0.25) is 0 Å². The van der Waals surface area contributed by atoms with Crippen molar-refractivity contribution in [2.45, 2.75) is 6.92 Å². The Kier molecular flexibility index (Phi) is 5.38. The molecule has 0 saturated heterocycles. The molecule has 0 aromatic rings. The minimum absolute atomic E-state index is 0.460. The van der Waals surface area contributed by atoms with Crippen molar-refractivity contribution < 1.29 is 4.39 Å². The lowest BCUT2D eigenvalue weighted by molar-refractivity contribution is 0.721.